The van der Waals surface area contributed by atoms with Gasteiger partial charge in [0, 0.05) is 0 Å². The van der Waals surface area contributed by atoms with Gasteiger partial charge in [-0.1, -0.05) is 0 Å². The Hall–Kier alpha value is -0.0151. The van der Waals surface area contributed by atoms with Crippen molar-refractivity contribution in [3.05, 3.63) is 0 Å². The van der Waals surface area contributed by atoms with Crippen LogP contribution < -0.4 is 11.5 Å². The van der Waals surface area contributed by atoms with Crippen LogP contribution in [0.2, 0.25) is 0 Å². The summed E-state index contributed by atoms with van der Waals surface area (Å²) in [5, 5.41) is 0. The van der Waals surface area contributed by atoms with Gasteiger partial charge in [0.15, 0.2) is 0 Å². The van der Waals surface area contributed by atoms with Gasteiger partial charge in [0.25, 0.3) is 0 Å². The molecule has 0 amide bonds. The summed E-state index contributed by atoms with van der Waals surface area (Å²) in [5.74, 6) is 0. The monoisotopic (exact) mass is 71.1 g/mol. The first-order chi connectivity index (χ1) is 2.41. The standard InChI is InChI=1S/C2H8BN2/c4-1-3-2-5/h1-2,4-5H2. The maximum atomic E-state index is 5.00. The van der Waals surface area contributed by atoms with Crippen molar-refractivity contribution >= 4 is 7.28 Å². The second kappa shape index (κ2) is 3.98. The molecule has 29 valence electrons. The van der Waals surface area contributed by atoms with E-state index < -0.39 is 0 Å². The Bertz CT molecular complexity index is 15.1. The lowest BCUT2D eigenvalue weighted by Gasteiger charge is -1.77. The first-order valence-electron chi connectivity index (χ1n) is 1.63. The van der Waals surface area contributed by atoms with Crippen molar-refractivity contribution in [2.45, 2.75) is 0 Å². The van der Waals surface area contributed by atoms with Gasteiger partial charge in [-0.3, -0.25) is 0 Å². The number of hydrogen-bond donors (Lipinski definition) is 2. The topological polar surface area (TPSA) is 52.0 Å². The van der Waals surface area contributed by atoms with Crippen molar-refractivity contribution in [2.24, 2.45) is 11.5 Å². The van der Waals surface area contributed by atoms with Gasteiger partial charge in [-0.25, -0.2) is 0 Å². The van der Waals surface area contributed by atoms with Crippen molar-refractivity contribution in [3.63, 3.8) is 0 Å². The Kier molecular flexibility index (Phi) is 3.97. The van der Waals surface area contributed by atoms with E-state index in [9.17, 15) is 0 Å². The molecule has 0 aliphatic heterocycles. The fourth-order valence-electron chi connectivity index (χ4n) is 0.0962. The molecule has 0 saturated carbocycles. The first kappa shape index (κ1) is 4.98. The van der Waals surface area contributed by atoms with Crippen LogP contribution >= 0.6 is 0 Å². The third kappa shape index (κ3) is 3.98. The Balaban J connectivity index is 2.19. The van der Waals surface area contributed by atoms with E-state index in [1.165, 1.54) is 0 Å². The van der Waals surface area contributed by atoms with Crippen LogP contribution in [-0.4, -0.2) is 20.2 Å². The zero-order chi connectivity index (χ0) is 4.12. The molecular formula is C2H8BN2. The summed E-state index contributed by atoms with van der Waals surface area (Å²) in [6, 6.07) is 0. The van der Waals surface area contributed by atoms with E-state index in [0.29, 0.717) is 12.9 Å². The highest BCUT2D eigenvalue weighted by molar-refractivity contribution is 6.35. The second-order valence-electron chi connectivity index (χ2n) is 0.760. The van der Waals surface area contributed by atoms with Crippen molar-refractivity contribution in [1.82, 2.24) is 0 Å². The van der Waals surface area contributed by atoms with Gasteiger partial charge in [0.1, 0.15) is 7.28 Å². The third-order valence-corrected chi connectivity index (χ3v) is 0.333. The van der Waals surface area contributed by atoms with Crippen LogP contribution in [0, 0.1) is 0 Å². The number of rotatable bonds is 2. The molecule has 0 aromatic rings. The molecule has 2 nitrogen and oxygen atoms in total. The summed E-state index contributed by atoms with van der Waals surface area (Å²) in [7, 11) is 1.81. The smallest absolute Gasteiger partial charge is 0.146 e. The molecule has 0 rings (SSSR count). The molecule has 0 atom stereocenters. The normalized spacial score (nSPS) is 7.60. The quantitative estimate of drug-likeness (QED) is 0.390. The summed E-state index contributed by atoms with van der Waals surface area (Å²) in [6.07, 6.45) is 1.19. The minimum Gasteiger partial charge on any atom is -0.338 e. The molecule has 4 N–H and O–H groups in total. The molecule has 0 bridgehead atoms. The predicted octanol–water partition coefficient (Wildman–Crippen LogP) is -1.48. The first-order valence-corrected chi connectivity index (χ1v) is 1.63. The molecular weight excluding hydrogens is 62.8 g/mol. The van der Waals surface area contributed by atoms with Crippen LogP contribution in [0.3, 0.4) is 0 Å². The molecule has 0 unspecified atom stereocenters. The second-order valence-corrected chi connectivity index (χ2v) is 0.760. The molecule has 0 saturated heterocycles. The largest absolute Gasteiger partial charge is 0.338 e. The molecule has 0 aliphatic rings. The predicted molar refractivity (Wildman–Crippen MR) is 23.9 cm³/mol. The van der Waals surface area contributed by atoms with Gasteiger partial charge >= 0.3 is 0 Å². The van der Waals surface area contributed by atoms with Gasteiger partial charge < -0.3 is 11.5 Å². The lowest BCUT2D eigenvalue weighted by molar-refractivity contribution is 1.28. The average molecular weight is 70.9 g/mol. The maximum Gasteiger partial charge on any atom is 0.146 e. The Morgan fingerprint density at radius 2 is 1.60 bits per heavy atom. The SMILES string of the molecule is NC[B]CN. The number of hydrogen-bond acceptors (Lipinski definition) is 2. The Morgan fingerprint density at radius 3 is 1.60 bits per heavy atom. The fourth-order valence-corrected chi connectivity index (χ4v) is 0.0962. The zero-order valence-corrected chi connectivity index (χ0v) is 3.15. The highest BCUT2D eigenvalue weighted by atomic mass is 14.5. The van der Waals surface area contributed by atoms with E-state index in [2.05, 4.69) is 0 Å². The molecule has 1 radical (unpaired) electrons. The molecule has 0 aromatic carbocycles. The molecule has 0 fully saturated rings. The van der Waals surface area contributed by atoms with Crippen LogP contribution in [0.4, 0.5) is 0 Å². The summed E-state index contributed by atoms with van der Waals surface area (Å²) < 4.78 is 0. The van der Waals surface area contributed by atoms with Gasteiger partial charge in [-0.2, -0.15) is 0 Å². The van der Waals surface area contributed by atoms with E-state index in [0.717, 1.165) is 0 Å². The van der Waals surface area contributed by atoms with E-state index in [-0.39, 0.29) is 0 Å². The fraction of sp³-hybridized carbons (Fsp3) is 1.00. The summed E-state index contributed by atoms with van der Waals surface area (Å²) in [4.78, 5) is 0. The molecule has 0 aliphatic carbocycles. The highest BCUT2D eigenvalue weighted by Crippen LogP contribution is 1.36. The summed E-state index contributed by atoms with van der Waals surface area (Å²) in [5.41, 5.74) is 10.0. The Morgan fingerprint density at radius 1 is 1.20 bits per heavy atom. The molecule has 3 heteroatoms. The third-order valence-electron chi connectivity index (χ3n) is 0.333. The van der Waals surface area contributed by atoms with Crippen LogP contribution in [0.1, 0.15) is 0 Å². The van der Waals surface area contributed by atoms with Gasteiger partial charge in [-0.15, -0.1) is 0 Å². The van der Waals surface area contributed by atoms with E-state index >= 15 is 0 Å². The van der Waals surface area contributed by atoms with Gasteiger partial charge in [0.2, 0.25) is 0 Å². The van der Waals surface area contributed by atoms with Gasteiger partial charge in [0.05, 0.1) is 0 Å². The van der Waals surface area contributed by atoms with E-state index in [1.807, 2.05) is 0 Å². The zero-order valence-electron chi connectivity index (χ0n) is 3.15. The van der Waals surface area contributed by atoms with Crippen molar-refractivity contribution in [1.29, 1.82) is 0 Å². The van der Waals surface area contributed by atoms with Crippen molar-refractivity contribution < 1.29 is 0 Å². The van der Waals surface area contributed by atoms with Crippen LogP contribution in [0.5, 0.6) is 0 Å². The van der Waals surface area contributed by atoms with Crippen LogP contribution in [-0.2, 0) is 0 Å². The lowest BCUT2D eigenvalue weighted by Crippen LogP contribution is -2.18. The highest BCUT2D eigenvalue weighted by Gasteiger charge is 1.72. The summed E-state index contributed by atoms with van der Waals surface area (Å²) >= 11 is 0. The van der Waals surface area contributed by atoms with Crippen LogP contribution in [0.15, 0.2) is 0 Å². The molecule has 0 spiro atoms. The van der Waals surface area contributed by atoms with Crippen LogP contribution in [0.25, 0.3) is 0 Å². The summed E-state index contributed by atoms with van der Waals surface area (Å²) in [6.45, 7) is 0. The maximum absolute atomic E-state index is 5.00. The van der Waals surface area contributed by atoms with Crippen molar-refractivity contribution in [2.75, 3.05) is 12.9 Å². The molecule has 0 heterocycles. The number of nitrogens with two attached hydrogens (primary N) is 2. The van der Waals surface area contributed by atoms with Gasteiger partial charge in [-0.05, 0) is 12.9 Å². The lowest BCUT2D eigenvalue weighted by atomic mass is 9.80. The van der Waals surface area contributed by atoms with Crippen molar-refractivity contribution in [3.8, 4) is 0 Å². The minimum absolute atomic E-state index is 0.594. The molecule has 5 heavy (non-hydrogen) atoms. The van der Waals surface area contributed by atoms with E-state index in [1.54, 1.807) is 7.28 Å². The van der Waals surface area contributed by atoms with E-state index in [4.69, 9.17) is 11.5 Å². The average Bonchev–Trinajstić information content (AvgIpc) is 1.41. The molecule has 0 aromatic heterocycles. The minimum atomic E-state index is 0.594. The Labute approximate surface area is 32.8 Å².